The van der Waals surface area contributed by atoms with Gasteiger partial charge in [0.05, 0.1) is 5.75 Å². The van der Waals surface area contributed by atoms with Gasteiger partial charge in [-0.25, -0.2) is 4.98 Å². The Morgan fingerprint density at radius 1 is 1.60 bits per heavy atom. The summed E-state index contributed by atoms with van der Waals surface area (Å²) in [6.07, 6.45) is 3.41. The third kappa shape index (κ3) is 4.56. The highest BCUT2D eigenvalue weighted by molar-refractivity contribution is 7.99. The van der Waals surface area contributed by atoms with Crippen LogP contribution in [0.15, 0.2) is 16.0 Å². The number of aromatic nitrogens is 2. The van der Waals surface area contributed by atoms with E-state index in [9.17, 15) is 9.59 Å². The summed E-state index contributed by atoms with van der Waals surface area (Å²) in [5.41, 5.74) is 5.21. The number of anilines is 1. The van der Waals surface area contributed by atoms with E-state index in [1.54, 1.807) is 0 Å². The Bertz CT molecular complexity index is 527. The Morgan fingerprint density at radius 2 is 2.35 bits per heavy atom. The first-order valence-corrected chi connectivity index (χ1v) is 7.84. The number of amides is 1. The monoisotopic (exact) mass is 296 g/mol. The Kier molecular flexibility index (Phi) is 5.05. The highest BCUT2D eigenvalue weighted by Gasteiger charge is 2.26. The van der Waals surface area contributed by atoms with Gasteiger partial charge in [-0.2, -0.15) is 0 Å². The van der Waals surface area contributed by atoms with Gasteiger partial charge < -0.3 is 15.6 Å². The lowest BCUT2D eigenvalue weighted by Crippen LogP contribution is -2.35. The lowest BCUT2D eigenvalue weighted by molar-refractivity contribution is -0.128. The summed E-state index contributed by atoms with van der Waals surface area (Å²) in [6, 6.07) is 1.22. The van der Waals surface area contributed by atoms with Gasteiger partial charge in [0.1, 0.15) is 5.82 Å². The van der Waals surface area contributed by atoms with E-state index in [4.69, 9.17) is 5.73 Å². The molecule has 0 aliphatic heterocycles. The van der Waals surface area contributed by atoms with Gasteiger partial charge >= 0.3 is 0 Å². The number of nitrogen functional groups attached to an aromatic ring is 1. The molecule has 3 N–H and O–H groups in total. The number of nitrogens with zero attached hydrogens (tertiary/aromatic N) is 2. The van der Waals surface area contributed by atoms with Crippen LogP contribution in [0.25, 0.3) is 0 Å². The van der Waals surface area contributed by atoms with Crippen LogP contribution in [0.3, 0.4) is 0 Å². The minimum Gasteiger partial charge on any atom is -0.383 e. The molecule has 1 fully saturated rings. The van der Waals surface area contributed by atoms with Crippen LogP contribution in [0.4, 0.5) is 5.82 Å². The maximum absolute atomic E-state index is 12.2. The number of nitrogens with two attached hydrogens (primary N) is 1. The molecule has 0 saturated heterocycles. The van der Waals surface area contributed by atoms with Crippen LogP contribution in [0.2, 0.25) is 0 Å². The van der Waals surface area contributed by atoms with Gasteiger partial charge in [0.25, 0.3) is 5.56 Å². The zero-order chi connectivity index (χ0) is 14.5. The summed E-state index contributed by atoms with van der Waals surface area (Å²) in [5, 5.41) is 0.395. The van der Waals surface area contributed by atoms with Gasteiger partial charge in [-0.05, 0) is 25.2 Å². The van der Waals surface area contributed by atoms with Gasteiger partial charge in [-0.1, -0.05) is 18.7 Å². The van der Waals surface area contributed by atoms with Crippen molar-refractivity contribution in [1.82, 2.24) is 14.9 Å². The van der Waals surface area contributed by atoms with E-state index in [2.05, 4.69) is 16.9 Å². The summed E-state index contributed by atoms with van der Waals surface area (Å²) >= 11 is 1.22. The van der Waals surface area contributed by atoms with Crippen molar-refractivity contribution < 1.29 is 4.79 Å². The van der Waals surface area contributed by atoms with Gasteiger partial charge in [0.2, 0.25) is 5.91 Å². The minimum atomic E-state index is -0.296. The quantitative estimate of drug-likeness (QED) is 0.580. The van der Waals surface area contributed by atoms with E-state index >= 15 is 0 Å². The molecular formula is C13H20N4O2S. The lowest BCUT2D eigenvalue weighted by atomic mass is 10.3. The average molecular weight is 296 g/mol. The molecule has 20 heavy (non-hydrogen) atoms. The summed E-state index contributed by atoms with van der Waals surface area (Å²) in [4.78, 5) is 31.9. The Labute approximate surface area is 122 Å². The van der Waals surface area contributed by atoms with Crippen molar-refractivity contribution in [2.45, 2.75) is 31.3 Å². The van der Waals surface area contributed by atoms with Crippen molar-refractivity contribution in [2.24, 2.45) is 5.92 Å². The van der Waals surface area contributed by atoms with E-state index in [-0.39, 0.29) is 23.0 Å². The van der Waals surface area contributed by atoms with Crippen LogP contribution in [-0.2, 0) is 4.79 Å². The topological polar surface area (TPSA) is 92.1 Å². The van der Waals surface area contributed by atoms with Crippen LogP contribution in [-0.4, -0.2) is 39.6 Å². The maximum atomic E-state index is 12.2. The van der Waals surface area contributed by atoms with Crippen LogP contribution in [0.1, 0.15) is 26.2 Å². The molecule has 0 spiro atoms. The predicted molar refractivity (Wildman–Crippen MR) is 79.6 cm³/mol. The number of thioether (sulfide) groups is 1. The van der Waals surface area contributed by atoms with E-state index in [1.165, 1.54) is 30.7 Å². The fourth-order valence-corrected chi connectivity index (χ4v) is 2.73. The molecule has 0 radical (unpaired) electrons. The molecule has 1 heterocycles. The first-order valence-electron chi connectivity index (χ1n) is 6.86. The van der Waals surface area contributed by atoms with Gasteiger partial charge in [0, 0.05) is 19.2 Å². The summed E-state index contributed by atoms with van der Waals surface area (Å²) in [7, 11) is 0. The molecule has 1 aliphatic carbocycles. The zero-order valence-corrected chi connectivity index (χ0v) is 12.4. The third-order valence-corrected chi connectivity index (χ3v) is 3.95. The molecule has 1 amide bonds. The van der Waals surface area contributed by atoms with Crippen molar-refractivity contribution in [3.63, 3.8) is 0 Å². The molecule has 7 heteroatoms. The number of hydrogen-bond donors (Lipinski definition) is 2. The Morgan fingerprint density at radius 3 is 2.95 bits per heavy atom. The van der Waals surface area contributed by atoms with Crippen molar-refractivity contribution >= 4 is 23.5 Å². The molecule has 0 unspecified atom stereocenters. The maximum Gasteiger partial charge on any atom is 0.253 e. The molecular weight excluding hydrogens is 276 g/mol. The number of carbonyl (C=O) groups is 1. The van der Waals surface area contributed by atoms with Crippen LogP contribution in [0, 0.1) is 5.92 Å². The fourth-order valence-electron chi connectivity index (χ4n) is 1.94. The van der Waals surface area contributed by atoms with Crippen LogP contribution < -0.4 is 11.3 Å². The van der Waals surface area contributed by atoms with Crippen LogP contribution in [0.5, 0.6) is 0 Å². The SMILES string of the molecule is CCCN(CC1CC1)C(=O)CSc1nc(N)cc(=O)[nH]1. The largest absolute Gasteiger partial charge is 0.383 e. The van der Waals surface area contributed by atoms with Crippen molar-refractivity contribution in [2.75, 3.05) is 24.6 Å². The van der Waals surface area contributed by atoms with E-state index < -0.39 is 0 Å². The average Bonchev–Trinajstić information content (AvgIpc) is 3.18. The number of nitrogens with one attached hydrogen (secondary N) is 1. The number of hydrogen-bond acceptors (Lipinski definition) is 5. The second-order valence-corrected chi connectivity index (χ2v) is 6.01. The van der Waals surface area contributed by atoms with Gasteiger partial charge in [-0.3, -0.25) is 9.59 Å². The summed E-state index contributed by atoms with van der Waals surface area (Å²) < 4.78 is 0. The number of carbonyl (C=O) groups excluding carboxylic acids is 1. The summed E-state index contributed by atoms with van der Waals surface area (Å²) in [6.45, 7) is 3.71. The third-order valence-electron chi connectivity index (χ3n) is 3.09. The van der Waals surface area contributed by atoms with Crippen LogP contribution >= 0.6 is 11.8 Å². The first kappa shape index (κ1) is 14.9. The highest BCUT2D eigenvalue weighted by Crippen LogP contribution is 2.30. The second kappa shape index (κ2) is 6.78. The first-order chi connectivity index (χ1) is 9.58. The zero-order valence-electron chi connectivity index (χ0n) is 11.6. The number of H-pyrrole nitrogens is 1. The molecule has 1 saturated carbocycles. The van der Waals surface area contributed by atoms with Crippen molar-refractivity contribution in [3.05, 3.63) is 16.4 Å². The lowest BCUT2D eigenvalue weighted by Gasteiger charge is -2.21. The standard InChI is InChI=1S/C13H20N4O2S/c1-2-5-17(7-9-3-4-9)12(19)8-20-13-15-10(14)6-11(18)16-13/h6,9H,2-5,7-8H2,1H3,(H3,14,15,16,18). The Hall–Kier alpha value is -1.50. The normalized spacial score (nSPS) is 14.2. The van der Waals surface area contributed by atoms with Crippen molar-refractivity contribution in [1.29, 1.82) is 0 Å². The summed E-state index contributed by atoms with van der Waals surface area (Å²) in [5.74, 6) is 1.22. The van der Waals surface area contributed by atoms with Gasteiger partial charge in [-0.15, -0.1) is 0 Å². The van der Waals surface area contributed by atoms with E-state index in [1.807, 2.05) is 4.90 Å². The molecule has 0 bridgehead atoms. The number of rotatable bonds is 7. The highest BCUT2D eigenvalue weighted by atomic mass is 32.2. The molecule has 1 aromatic rings. The second-order valence-electron chi connectivity index (χ2n) is 5.05. The predicted octanol–water partition coefficient (Wildman–Crippen LogP) is 1.09. The molecule has 110 valence electrons. The molecule has 6 nitrogen and oxygen atoms in total. The minimum absolute atomic E-state index is 0.0915. The molecule has 1 aliphatic rings. The number of aromatic amines is 1. The Balaban J connectivity index is 1.90. The molecule has 1 aromatic heterocycles. The van der Waals surface area contributed by atoms with Gasteiger partial charge in [0.15, 0.2) is 5.16 Å². The van der Waals surface area contributed by atoms with Crippen molar-refractivity contribution in [3.8, 4) is 0 Å². The molecule has 2 rings (SSSR count). The molecule has 0 atom stereocenters. The fraction of sp³-hybridized carbons (Fsp3) is 0.615. The van der Waals surface area contributed by atoms with E-state index in [0.29, 0.717) is 11.1 Å². The molecule has 0 aromatic carbocycles. The smallest absolute Gasteiger partial charge is 0.253 e. The van der Waals surface area contributed by atoms with E-state index in [0.717, 1.165) is 19.5 Å².